The molecule has 84 valence electrons. The molecule has 3 heteroatoms. The van der Waals surface area contributed by atoms with Crippen molar-refractivity contribution in [1.29, 1.82) is 0 Å². The molecule has 14 heavy (non-hydrogen) atoms. The molecule has 1 aliphatic rings. The van der Waals surface area contributed by atoms with Gasteiger partial charge in [0.15, 0.2) is 0 Å². The summed E-state index contributed by atoms with van der Waals surface area (Å²) in [5, 5.41) is 3.52. The molecule has 1 fully saturated rings. The van der Waals surface area contributed by atoms with Crippen molar-refractivity contribution in [2.75, 3.05) is 40.8 Å². The maximum atomic E-state index is 3.52. The van der Waals surface area contributed by atoms with E-state index < -0.39 is 0 Å². The smallest absolute Gasteiger partial charge is 0.0349 e. The van der Waals surface area contributed by atoms with Crippen molar-refractivity contribution >= 4 is 0 Å². The Labute approximate surface area is 88.5 Å². The molecule has 1 unspecified atom stereocenters. The topological polar surface area (TPSA) is 18.5 Å². The van der Waals surface area contributed by atoms with Gasteiger partial charge in [-0.3, -0.25) is 4.90 Å². The lowest BCUT2D eigenvalue weighted by Gasteiger charge is -2.39. The van der Waals surface area contributed by atoms with Crippen molar-refractivity contribution in [2.45, 2.75) is 31.8 Å². The normalized spacial score (nSPS) is 29.1. The van der Waals surface area contributed by atoms with Gasteiger partial charge in [-0.15, -0.1) is 0 Å². The van der Waals surface area contributed by atoms with Crippen molar-refractivity contribution in [3.8, 4) is 0 Å². The van der Waals surface area contributed by atoms with Gasteiger partial charge in [0.25, 0.3) is 0 Å². The first-order valence-corrected chi connectivity index (χ1v) is 5.52. The van der Waals surface area contributed by atoms with E-state index in [1.165, 1.54) is 6.42 Å². The third-order valence-corrected chi connectivity index (χ3v) is 3.37. The molecule has 0 saturated carbocycles. The standard InChI is InChI=1S/C11H25N3/c1-11(2)6-7-12-8-10(14(11)5)9-13(3)4/h10,12H,6-9H2,1-5H3. The minimum atomic E-state index is 0.324. The molecule has 1 aliphatic heterocycles. The second-order valence-corrected chi connectivity index (χ2v) is 5.29. The van der Waals surface area contributed by atoms with Crippen molar-refractivity contribution in [3.05, 3.63) is 0 Å². The highest BCUT2D eigenvalue weighted by Gasteiger charge is 2.31. The fourth-order valence-corrected chi connectivity index (χ4v) is 2.08. The van der Waals surface area contributed by atoms with Crippen molar-refractivity contribution in [2.24, 2.45) is 0 Å². The predicted molar refractivity (Wildman–Crippen MR) is 61.7 cm³/mol. The second kappa shape index (κ2) is 4.60. The van der Waals surface area contributed by atoms with Crippen LogP contribution < -0.4 is 5.32 Å². The van der Waals surface area contributed by atoms with Gasteiger partial charge in [0.05, 0.1) is 0 Å². The minimum Gasteiger partial charge on any atom is -0.315 e. The molecular weight excluding hydrogens is 174 g/mol. The minimum absolute atomic E-state index is 0.324. The highest BCUT2D eigenvalue weighted by atomic mass is 15.3. The average Bonchev–Trinajstić information content (AvgIpc) is 2.17. The van der Waals surface area contributed by atoms with Crippen molar-refractivity contribution in [1.82, 2.24) is 15.1 Å². The Morgan fingerprint density at radius 1 is 1.43 bits per heavy atom. The zero-order valence-corrected chi connectivity index (χ0v) is 10.3. The van der Waals surface area contributed by atoms with Gasteiger partial charge in [-0.1, -0.05) is 0 Å². The number of likely N-dealkylation sites (N-methyl/N-ethyl adjacent to an activating group) is 2. The zero-order chi connectivity index (χ0) is 10.8. The quantitative estimate of drug-likeness (QED) is 0.703. The third-order valence-electron chi connectivity index (χ3n) is 3.37. The van der Waals surface area contributed by atoms with Gasteiger partial charge in [0.1, 0.15) is 0 Å². The molecule has 0 aromatic heterocycles. The van der Waals surface area contributed by atoms with E-state index in [0.29, 0.717) is 11.6 Å². The Balaban J connectivity index is 2.64. The largest absolute Gasteiger partial charge is 0.315 e. The van der Waals surface area contributed by atoms with Crippen molar-refractivity contribution < 1.29 is 0 Å². The molecule has 3 nitrogen and oxygen atoms in total. The molecule has 1 saturated heterocycles. The number of nitrogens with zero attached hydrogens (tertiary/aromatic N) is 2. The number of hydrogen-bond donors (Lipinski definition) is 1. The van der Waals surface area contributed by atoms with Crippen LogP contribution in [0, 0.1) is 0 Å². The van der Waals surface area contributed by atoms with Gasteiger partial charge in [-0.25, -0.2) is 0 Å². The number of rotatable bonds is 2. The lowest BCUT2D eigenvalue weighted by molar-refractivity contribution is 0.0946. The van der Waals surface area contributed by atoms with Crippen LogP contribution in [-0.4, -0.2) is 62.2 Å². The first-order valence-electron chi connectivity index (χ1n) is 5.52. The Bertz CT molecular complexity index is 177. The molecule has 0 aromatic carbocycles. The van der Waals surface area contributed by atoms with Crippen LogP contribution in [0.1, 0.15) is 20.3 Å². The Morgan fingerprint density at radius 2 is 2.07 bits per heavy atom. The summed E-state index contributed by atoms with van der Waals surface area (Å²) >= 11 is 0. The van der Waals surface area contributed by atoms with Crippen LogP contribution in [0.15, 0.2) is 0 Å². The third kappa shape index (κ3) is 2.94. The number of hydrogen-bond acceptors (Lipinski definition) is 3. The summed E-state index contributed by atoms with van der Waals surface area (Å²) in [5.74, 6) is 0. The molecule has 0 spiro atoms. The van der Waals surface area contributed by atoms with E-state index >= 15 is 0 Å². The van der Waals surface area contributed by atoms with Crippen LogP contribution in [0.25, 0.3) is 0 Å². The van der Waals surface area contributed by atoms with E-state index in [1.54, 1.807) is 0 Å². The molecule has 1 N–H and O–H groups in total. The first-order chi connectivity index (χ1) is 6.43. The molecule has 0 bridgehead atoms. The van der Waals surface area contributed by atoms with E-state index in [1.807, 2.05) is 0 Å². The molecule has 1 atom stereocenters. The first kappa shape index (κ1) is 12.0. The van der Waals surface area contributed by atoms with E-state index in [0.717, 1.165) is 19.6 Å². The fraction of sp³-hybridized carbons (Fsp3) is 1.00. The highest BCUT2D eigenvalue weighted by molar-refractivity contribution is 4.89. The summed E-state index contributed by atoms with van der Waals surface area (Å²) in [6, 6.07) is 0.627. The van der Waals surface area contributed by atoms with Gasteiger partial charge >= 0.3 is 0 Å². The lowest BCUT2D eigenvalue weighted by Crippen LogP contribution is -2.51. The molecule has 0 amide bonds. The summed E-state index contributed by atoms with van der Waals surface area (Å²) < 4.78 is 0. The summed E-state index contributed by atoms with van der Waals surface area (Å²) in [5.41, 5.74) is 0.324. The summed E-state index contributed by atoms with van der Waals surface area (Å²) in [4.78, 5) is 4.79. The van der Waals surface area contributed by atoms with Gasteiger partial charge in [-0.2, -0.15) is 0 Å². The second-order valence-electron chi connectivity index (χ2n) is 5.29. The van der Waals surface area contributed by atoms with Gasteiger partial charge in [-0.05, 0) is 48.0 Å². The van der Waals surface area contributed by atoms with E-state index in [2.05, 4.69) is 50.1 Å². The molecule has 0 aliphatic carbocycles. The molecule has 0 aromatic rings. The SMILES string of the molecule is CN(C)CC1CNCCC(C)(C)N1C. The van der Waals surface area contributed by atoms with Crippen molar-refractivity contribution in [3.63, 3.8) is 0 Å². The van der Waals surface area contributed by atoms with Crippen LogP contribution in [0.4, 0.5) is 0 Å². The number of nitrogens with one attached hydrogen (secondary N) is 1. The fourth-order valence-electron chi connectivity index (χ4n) is 2.08. The maximum absolute atomic E-state index is 3.52. The predicted octanol–water partition coefficient (Wildman–Crippen LogP) is 0.620. The van der Waals surface area contributed by atoms with E-state index in [4.69, 9.17) is 0 Å². The average molecular weight is 199 g/mol. The maximum Gasteiger partial charge on any atom is 0.0349 e. The Hall–Kier alpha value is -0.120. The highest BCUT2D eigenvalue weighted by Crippen LogP contribution is 2.21. The molecule has 1 heterocycles. The van der Waals surface area contributed by atoms with Crippen LogP contribution in [0.2, 0.25) is 0 Å². The van der Waals surface area contributed by atoms with Gasteiger partial charge in [0, 0.05) is 24.7 Å². The molecule has 0 radical (unpaired) electrons. The van der Waals surface area contributed by atoms with Crippen LogP contribution in [-0.2, 0) is 0 Å². The summed E-state index contributed by atoms with van der Waals surface area (Å²) in [6.07, 6.45) is 1.23. The van der Waals surface area contributed by atoms with E-state index in [-0.39, 0.29) is 0 Å². The summed E-state index contributed by atoms with van der Waals surface area (Å²) in [7, 11) is 6.54. The van der Waals surface area contributed by atoms with Crippen LogP contribution in [0.3, 0.4) is 0 Å². The zero-order valence-electron chi connectivity index (χ0n) is 10.3. The van der Waals surface area contributed by atoms with Crippen LogP contribution >= 0.6 is 0 Å². The Kier molecular flexibility index (Phi) is 3.93. The Morgan fingerprint density at radius 3 is 2.64 bits per heavy atom. The molecule has 1 rings (SSSR count). The van der Waals surface area contributed by atoms with E-state index in [9.17, 15) is 0 Å². The lowest BCUT2D eigenvalue weighted by atomic mass is 9.98. The van der Waals surface area contributed by atoms with Crippen LogP contribution in [0.5, 0.6) is 0 Å². The van der Waals surface area contributed by atoms with Gasteiger partial charge in [0.2, 0.25) is 0 Å². The van der Waals surface area contributed by atoms with Gasteiger partial charge < -0.3 is 10.2 Å². The molecular formula is C11H25N3. The monoisotopic (exact) mass is 199 g/mol. The summed E-state index contributed by atoms with van der Waals surface area (Å²) in [6.45, 7) is 8.05.